The highest BCUT2D eigenvalue weighted by Gasteiger charge is 2.52. The van der Waals surface area contributed by atoms with Crippen LogP contribution >= 0.6 is 11.3 Å². The molecule has 4 aliphatic carbocycles. The summed E-state index contributed by atoms with van der Waals surface area (Å²) in [6.45, 7) is 9.62. The molecule has 0 fully saturated rings. The van der Waals surface area contributed by atoms with Gasteiger partial charge < -0.3 is 4.90 Å². The Morgan fingerprint density at radius 3 is 1.87 bits per heavy atom. The van der Waals surface area contributed by atoms with Crippen LogP contribution in [0.3, 0.4) is 0 Å². The van der Waals surface area contributed by atoms with Gasteiger partial charge >= 0.3 is 0 Å². The van der Waals surface area contributed by atoms with Crippen molar-refractivity contribution in [2.75, 3.05) is 4.90 Å². The summed E-state index contributed by atoms with van der Waals surface area (Å²) in [7, 11) is 0. The third-order valence-electron chi connectivity index (χ3n) is 15.7. The Morgan fingerprint density at radius 2 is 1.08 bits per heavy atom. The number of rotatable bonds is 1. The number of nitrogens with zero attached hydrogens (tertiary/aromatic N) is 3. The molecule has 4 heterocycles. The molecule has 5 aliphatic rings. The van der Waals surface area contributed by atoms with E-state index in [1.807, 2.05) is 23.7 Å². The lowest BCUT2D eigenvalue weighted by molar-refractivity contribution is 0.627. The van der Waals surface area contributed by atoms with Crippen LogP contribution in [-0.2, 0) is 16.2 Å². The highest BCUT2D eigenvalue weighted by molar-refractivity contribution is 7.27. The van der Waals surface area contributed by atoms with Crippen molar-refractivity contribution in [2.45, 2.75) is 43.9 Å². The van der Waals surface area contributed by atoms with Gasteiger partial charge in [0.05, 0.1) is 38.6 Å². The molecule has 0 saturated carbocycles. The summed E-state index contributed by atoms with van der Waals surface area (Å²) in [6.07, 6.45) is 8.42. The van der Waals surface area contributed by atoms with E-state index in [2.05, 4.69) is 184 Å². The molecular weight excluding hydrogens is 783 g/mol. The Kier molecular flexibility index (Phi) is 6.16. The number of hydrogen-bond acceptors (Lipinski definition) is 4. The van der Waals surface area contributed by atoms with E-state index in [0.29, 0.717) is 0 Å². The lowest BCUT2D eigenvalue weighted by Gasteiger charge is -2.43. The van der Waals surface area contributed by atoms with Crippen molar-refractivity contribution in [3.05, 3.63) is 208 Å². The predicted octanol–water partition coefficient (Wildman–Crippen LogP) is 15.2. The minimum Gasteiger partial charge on any atom is -0.308 e. The second-order valence-corrected chi connectivity index (χ2v) is 20.2. The van der Waals surface area contributed by atoms with E-state index in [4.69, 9.17) is 9.97 Å². The van der Waals surface area contributed by atoms with Crippen LogP contribution in [0, 0.1) is 0 Å². The maximum absolute atomic E-state index is 5.06. The van der Waals surface area contributed by atoms with E-state index < -0.39 is 5.41 Å². The van der Waals surface area contributed by atoms with E-state index in [-0.39, 0.29) is 10.8 Å². The fourth-order valence-corrected chi connectivity index (χ4v) is 14.3. The van der Waals surface area contributed by atoms with Crippen molar-refractivity contribution < 1.29 is 0 Å². The molecule has 15 rings (SSSR count). The standard InChI is InChI=1S/C59H39N3S/c1-57(2)39-14-6-5-12-34(39)38-30-46-49(31-45(38)57)62(47-18-8-7-15-40(47)58(46,3)4)48-19-9-13-35-36-25-27-42-52(56(36)63-55(35)48)37-24-22-32-20-21-33-23-26-41(51(37)50(32)33)59(42)43-16-10-28-60-53(43)54-44(59)17-11-29-61-54/h5-31H,1-4H3. The Morgan fingerprint density at radius 1 is 0.429 bits per heavy atom. The van der Waals surface area contributed by atoms with Crippen LogP contribution in [0.1, 0.15) is 83.3 Å². The van der Waals surface area contributed by atoms with Gasteiger partial charge in [0.2, 0.25) is 0 Å². The summed E-state index contributed by atoms with van der Waals surface area (Å²) in [5, 5.41) is 5.27. The number of benzene rings is 7. The lowest BCUT2D eigenvalue weighted by atomic mass is 9.61. The molecule has 0 N–H and O–H groups in total. The summed E-state index contributed by atoms with van der Waals surface area (Å²) in [6, 6.07) is 53.4. The smallest absolute Gasteiger partial charge is 0.0937 e. The monoisotopic (exact) mass is 821 g/mol. The first kappa shape index (κ1) is 34.4. The van der Waals surface area contributed by atoms with Crippen molar-refractivity contribution in [3.63, 3.8) is 0 Å². The quantitative estimate of drug-likeness (QED) is 0.165. The Hall–Kier alpha value is -7.14. The molecule has 0 bridgehead atoms. The van der Waals surface area contributed by atoms with Crippen molar-refractivity contribution >= 4 is 71.5 Å². The molecule has 1 aliphatic heterocycles. The van der Waals surface area contributed by atoms with Gasteiger partial charge in [0.15, 0.2) is 0 Å². The lowest BCUT2D eigenvalue weighted by Crippen LogP contribution is -2.32. The summed E-state index contributed by atoms with van der Waals surface area (Å²) in [5.41, 5.74) is 23.3. The fourth-order valence-electron chi connectivity index (χ4n) is 12.9. The minimum absolute atomic E-state index is 0.122. The summed E-state index contributed by atoms with van der Waals surface area (Å²) in [5.74, 6) is 0. The molecule has 4 heteroatoms. The molecule has 63 heavy (non-hydrogen) atoms. The van der Waals surface area contributed by atoms with Crippen molar-refractivity contribution in [2.24, 2.45) is 0 Å². The molecule has 10 aromatic rings. The topological polar surface area (TPSA) is 29.0 Å². The zero-order valence-electron chi connectivity index (χ0n) is 35.3. The van der Waals surface area contributed by atoms with Crippen molar-refractivity contribution in [3.8, 4) is 33.6 Å². The van der Waals surface area contributed by atoms with Crippen LogP contribution in [0.4, 0.5) is 17.1 Å². The van der Waals surface area contributed by atoms with Crippen LogP contribution in [0.5, 0.6) is 0 Å². The van der Waals surface area contributed by atoms with E-state index in [0.717, 1.165) is 11.4 Å². The van der Waals surface area contributed by atoms with E-state index in [9.17, 15) is 0 Å². The largest absolute Gasteiger partial charge is 0.308 e. The number of anilines is 3. The molecule has 0 amide bonds. The van der Waals surface area contributed by atoms with Crippen LogP contribution in [-0.4, -0.2) is 9.97 Å². The Bertz CT molecular complexity index is 3770. The second kappa shape index (κ2) is 11.3. The average molecular weight is 822 g/mol. The van der Waals surface area contributed by atoms with Crippen molar-refractivity contribution in [1.29, 1.82) is 0 Å². The number of aromatic nitrogens is 2. The zero-order chi connectivity index (χ0) is 41.7. The van der Waals surface area contributed by atoms with Gasteiger partial charge in [-0.15, -0.1) is 11.3 Å². The minimum atomic E-state index is -0.580. The maximum Gasteiger partial charge on any atom is 0.0937 e. The molecule has 3 aromatic heterocycles. The number of para-hydroxylation sites is 1. The summed E-state index contributed by atoms with van der Waals surface area (Å²) in [4.78, 5) is 12.7. The van der Waals surface area contributed by atoms with Gasteiger partial charge in [-0.05, 0) is 119 Å². The van der Waals surface area contributed by atoms with E-state index >= 15 is 0 Å². The van der Waals surface area contributed by atoms with Gasteiger partial charge in [0.1, 0.15) is 0 Å². The molecular formula is C59H39N3S. The Labute approximate surface area is 369 Å². The average Bonchev–Trinajstić information content (AvgIpc) is 4.05. The number of fused-ring (bicyclic) bond motifs is 18. The number of thiophene rings is 1. The Balaban J connectivity index is 1.05. The van der Waals surface area contributed by atoms with Crippen molar-refractivity contribution in [1.82, 2.24) is 9.97 Å². The van der Waals surface area contributed by atoms with Gasteiger partial charge in [-0.1, -0.05) is 143 Å². The first-order valence-corrected chi connectivity index (χ1v) is 23.0. The zero-order valence-corrected chi connectivity index (χ0v) is 36.2. The molecule has 0 atom stereocenters. The van der Waals surface area contributed by atoms with E-state index in [1.165, 1.54) is 126 Å². The van der Waals surface area contributed by atoms with Crippen LogP contribution in [0.2, 0.25) is 0 Å². The third-order valence-corrected chi connectivity index (χ3v) is 17.0. The molecule has 0 radical (unpaired) electrons. The van der Waals surface area contributed by atoms with Gasteiger partial charge in [-0.3, -0.25) is 9.97 Å². The normalized spacial score (nSPS) is 16.5. The van der Waals surface area contributed by atoms with Gasteiger partial charge in [-0.2, -0.15) is 0 Å². The van der Waals surface area contributed by atoms with Gasteiger partial charge in [-0.25, -0.2) is 0 Å². The first-order chi connectivity index (χ1) is 30.8. The molecule has 0 unspecified atom stereocenters. The van der Waals surface area contributed by atoms with Crippen LogP contribution < -0.4 is 4.90 Å². The summed E-state index contributed by atoms with van der Waals surface area (Å²) < 4.78 is 2.62. The maximum atomic E-state index is 5.06. The third kappa shape index (κ3) is 3.88. The van der Waals surface area contributed by atoms with E-state index in [1.54, 1.807) is 0 Å². The molecule has 1 spiro atoms. The first-order valence-electron chi connectivity index (χ1n) is 22.1. The highest BCUT2D eigenvalue weighted by atomic mass is 32.1. The predicted molar refractivity (Wildman–Crippen MR) is 262 cm³/mol. The SMILES string of the molecule is CC1(C)c2ccccc2-c2cc3c(cc21)N(c1cccc2c1sc1c4c(ccc12)C1(c2cccnc2-c2ncccc21)c1ccc2c5c(ccc-4c15)C=C2)c1ccccc1C3(C)C. The molecule has 296 valence electrons. The molecule has 7 aromatic carbocycles. The highest BCUT2D eigenvalue weighted by Crippen LogP contribution is 2.65. The number of hydrogen-bond donors (Lipinski definition) is 0. The molecule has 3 nitrogen and oxygen atoms in total. The summed E-state index contributed by atoms with van der Waals surface area (Å²) >= 11 is 1.96. The second-order valence-electron chi connectivity index (χ2n) is 19.2. The van der Waals surface area contributed by atoms with Crippen LogP contribution in [0.15, 0.2) is 152 Å². The fraction of sp³-hybridized carbons (Fsp3) is 0.119. The molecule has 0 saturated heterocycles. The van der Waals surface area contributed by atoms with Gasteiger partial charge in [0.25, 0.3) is 0 Å². The van der Waals surface area contributed by atoms with Gasteiger partial charge in [0, 0.05) is 44.3 Å². The van der Waals surface area contributed by atoms with Crippen LogP contribution in [0.25, 0.3) is 76.7 Å². The number of pyridine rings is 2.